The third-order valence-corrected chi connectivity index (χ3v) is 11.8. The lowest BCUT2D eigenvalue weighted by atomic mass is 10.0. The maximum Gasteiger partial charge on any atom is 0.472 e. The van der Waals surface area contributed by atoms with Crippen LogP contribution in [-0.4, -0.2) is 59.9 Å². The van der Waals surface area contributed by atoms with Crippen molar-refractivity contribution in [1.29, 1.82) is 0 Å². The minimum absolute atomic E-state index is 0.207. The summed E-state index contributed by atoms with van der Waals surface area (Å²) in [5.74, 6) is -2.63. The van der Waals surface area contributed by atoms with Gasteiger partial charge in [0.05, 0.1) is 13.2 Å². The zero-order valence-electron chi connectivity index (χ0n) is 38.3. The summed E-state index contributed by atoms with van der Waals surface area (Å²) in [6.07, 6.45) is 47.4. The number of carboxylic acid groups (broad SMARTS) is 1. The minimum Gasteiger partial charge on any atom is -0.480 e. The highest BCUT2D eigenvalue weighted by atomic mass is 31.2. The van der Waals surface area contributed by atoms with Gasteiger partial charge in [-0.2, -0.15) is 0 Å². The third kappa shape index (κ3) is 42.6. The molecule has 0 aromatic rings. The van der Waals surface area contributed by atoms with Crippen LogP contribution in [0, 0.1) is 0 Å². The predicted octanol–water partition coefficient (Wildman–Crippen LogP) is 13.4. The second-order valence-electron chi connectivity index (χ2n) is 16.7. The van der Waals surface area contributed by atoms with Gasteiger partial charge in [0.25, 0.3) is 0 Å². The molecule has 11 nitrogen and oxygen atoms in total. The molecule has 0 radical (unpaired) electrons. The molecule has 3 atom stereocenters. The van der Waals surface area contributed by atoms with Crippen molar-refractivity contribution in [3.05, 3.63) is 24.3 Å². The molecule has 60 heavy (non-hydrogen) atoms. The zero-order valence-corrected chi connectivity index (χ0v) is 39.2. The summed E-state index contributed by atoms with van der Waals surface area (Å²) >= 11 is 0. The monoisotopic (exact) mass is 872 g/mol. The maximum absolute atomic E-state index is 12.5. The number of allylic oxidation sites excluding steroid dienone is 3. The van der Waals surface area contributed by atoms with E-state index in [9.17, 15) is 23.8 Å². The molecular weight excluding hydrogens is 781 g/mol. The van der Waals surface area contributed by atoms with Crippen LogP contribution in [0.5, 0.6) is 0 Å². The van der Waals surface area contributed by atoms with Crippen LogP contribution in [0.3, 0.4) is 0 Å². The Morgan fingerprint density at radius 2 is 0.933 bits per heavy atom. The van der Waals surface area contributed by atoms with Gasteiger partial charge in [0.1, 0.15) is 12.6 Å². The summed E-state index contributed by atoms with van der Waals surface area (Å²) in [5, 5.41) is 8.90. The normalized spacial score (nSPS) is 13.8. The minimum atomic E-state index is -4.74. The molecule has 0 rings (SSSR count). The fraction of sp³-hybridized carbons (Fsp3) is 0.854. The number of unbranched alkanes of at least 4 members (excludes halogenated alkanes) is 31. The Morgan fingerprint density at radius 1 is 0.550 bits per heavy atom. The molecule has 0 amide bonds. The molecule has 0 heterocycles. The van der Waals surface area contributed by atoms with Gasteiger partial charge < -0.3 is 25.2 Å². The number of nitrogens with two attached hydrogens (primary N) is 1. The molecule has 0 aliphatic rings. The Morgan fingerprint density at radius 3 is 1.35 bits per heavy atom. The Balaban J connectivity index is 4.29. The zero-order chi connectivity index (χ0) is 44.2. The van der Waals surface area contributed by atoms with Gasteiger partial charge >= 0.3 is 25.7 Å². The second-order valence-corrected chi connectivity index (χ2v) is 18.1. The van der Waals surface area contributed by atoms with Gasteiger partial charge in [0, 0.05) is 12.5 Å². The van der Waals surface area contributed by atoms with E-state index in [1.165, 1.54) is 179 Å². The standard InChI is InChI=1S/C48H90NO10P/c1-3-5-7-9-11-13-15-17-19-20-21-22-23-24-26-27-29-31-33-35-37-39-46(50)56-41-44(42-57-60(54,55)58-43-45(49)48(52)53)59-47(51)40-38-36-34-32-30-28-25-18-16-14-12-10-8-6-4-2/h34,36,38,40,44-45H,3-33,35,37,39,41-43,49H2,1-2H3,(H,52,53)(H,54,55)/b36-34+,40-38+/t44-,45-/m0/s1. The summed E-state index contributed by atoms with van der Waals surface area (Å²) in [7, 11) is -4.74. The predicted molar refractivity (Wildman–Crippen MR) is 245 cm³/mol. The number of aliphatic carboxylic acids is 1. The van der Waals surface area contributed by atoms with E-state index in [1.54, 1.807) is 12.2 Å². The number of rotatable bonds is 46. The molecule has 4 N–H and O–H groups in total. The number of phosphoric acid groups is 1. The first-order valence-electron chi connectivity index (χ1n) is 24.4. The number of carbonyl (C=O) groups is 3. The average Bonchev–Trinajstić information content (AvgIpc) is 3.22. The number of ether oxygens (including phenoxy) is 2. The van der Waals surface area contributed by atoms with Gasteiger partial charge in [-0.1, -0.05) is 225 Å². The van der Waals surface area contributed by atoms with Gasteiger partial charge in [0.2, 0.25) is 0 Å². The van der Waals surface area contributed by atoms with Crippen LogP contribution in [-0.2, 0) is 37.5 Å². The molecule has 12 heteroatoms. The number of hydrogen-bond donors (Lipinski definition) is 3. The first-order chi connectivity index (χ1) is 29.1. The molecule has 0 aliphatic carbocycles. The van der Waals surface area contributed by atoms with Crippen molar-refractivity contribution in [2.45, 2.75) is 244 Å². The number of hydrogen-bond acceptors (Lipinski definition) is 9. The molecule has 0 fully saturated rings. The van der Waals surface area contributed by atoms with Crippen LogP contribution in [0.1, 0.15) is 232 Å². The second kappa shape index (κ2) is 43.6. The number of carboxylic acids is 1. The average molecular weight is 872 g/mol. The van der Waals surface area contributed by atoms with E-state index < -0.39 is 51.1 Å². The van der Waals surface area contributed by atoms with E-state index >= 15 is 0 Å². The first kappa shape index (κ1) is 58.0. The van der Waals surface area contributed by atoms with Crippen LogP contribution >= 0.6 is 7.82 Å². The number of esters is 2. The van der Waals surface area contributed by atoms with Gasteiger partial charge in [-0.05, 0) is 19.3 Å². The van der Waals surface area contributed by atoms with E-state index in [1.807, 2.05) is 6.08 Å². The lowest BCUT2D eigenvalue weighted by Crippen LogP contribution is -2.34. The quantitative estimate of drug-likeness (QED) is 0.0175. The van der Waals surface area contributed by atoms with Crippen molar-refractivity contribution >= 4 is 25.7 Å². The van der Waals surface area contributed by atoms with Crippen LogP contribution in [0.4, 0.5) is 0 Å². The van der Waals surface area contributed by atoms with E-state index in [0.29, 0.717) is 6.42 Å². The van der Waals surface area contributed by atoms with Gasteiger partial charge in [-0.3, -0.25) is 18.6 Å². The third-order valence-electron chi connectivity index (χ3n) is 10.8. The van der Waals surface area contributed by atoms with Crippen molar-refractivity contribution in [2.75, 3.05) is 19.8 Å². The van der Waals surface area contributed by atoms with Gasteiger partial charge in [-0.25, -0.2) is 9.36 Å². The summed E-state index contributed by atoms with van der Waals surface area (Å²) in [6.45, 7) is 2.73. The van der Waals surface area contributed by atoms with E-state index in [2.05, 4.69) is 18.4 Å². The number of phosphoric ester groups is 1. The summed E-state index contributed by atoms with van der Waals surface area (Å²) < 4.78 is 32.6. The summed E-state index contributed by atoms with van der Waals surface area (Å²) in [4.78, 5) is 45.9. The Hall–Kier alpha value is -2.04. The molecule has 0 aromatic heterocycles. The van der Waals surface area contributed by atoms with Crippen molar-refractivity contribution in [2.24, 2.45) is 5.73 Å². The molecule has 352 valence electrons. The van der Waals surface area contributed by atoms with Crippen molar-refractivity contribution in [1.82, 2.24) is 0 Å². The number of carbonyl (C=O) groups excluding carboxylic acids is 2. The van der Waals surface area contributed by atoms with E-state index in [0.717, 1.165) is 32.1 Å². The lowest BCUT2D eigenvalue weighted by molar-refractivity contribution is -0.157. The summed E-state index contributed by atoms with van der Waals surface area (Å²) in [6, 6.07) is -1.53. The van der Waals surface area contributed by atoms with Crippen LogP contribution in [0.2, 0.25) is 0 Å². The molecule has 1 unspecified atom stereocenters. The van der Waals surface area contributed by atoms with Crippen LogP contribution in [0.25, 0.3) is 0 Å². The van der Waals surface area contributed by atoms with Crippen LogP contribution in [0.15, 0.2) is 24.3 Å². The SMILES string of the molecule is CCCCCCCCCCCCC/C=C/C=C/C(=O)O[C@@H](COC(=O)CCCCCCCCCCCCCCCCCCCCCCC)COP(=O)(O)OC[C@H](N)C(=O)O. The highest BCUT2D eigenvalue weighted by Gasteiger charge is 2.28. The Kier molecular flexibility index (Phi) is 42.1. The largest absolute Gasteiger partial charge is 0.480 e. The van der Waals surface area contributed by atoms with Crippen molar-refractivity contribution in [3.63, 3.8) is 0 Å². The molecule has 0 aromatic carbocycles. The Bertz CT molecular complexity index is 1120. The Labute approximate surface area is 366 Å². The van der Waals surface area contributed by atoms with Crippen molar-refractivity contribution < 1.29 is 47.5 Å². The highest BCUT2D eigenvalue weighted by molar-refractivity contribution is 7.47. The van der Waals surface area contributed by atoms with Gasteiger partial charge in [0.15, 0.2) is 6.10 Å². The molecule has 0 bridgehead atoms. The van der Waals surface area contributed by atoms with Crippen molar-refractivity contribution in [3.8, 4) is 0 Å². The molecule has 0 saturated heterocycles. The fourth-order valence-corrected chi connectivity index (χ4v) is 7.75. The summed E-state index contributed by atoms with van der Waals surface area (Å²) in [5.41, 5.74) is 5.33. The highest BCUT2D eigenvalue weighted by Crippen LogP contribution is 2.43. The fourth-order valence-electron chi connectivity index (χ4n) is 6.97. The molecule has 0 saturated carbocycles. The molecule has 0 aliphatic heterocycles. The molecule has 0 spiro atoms. The lowest BCUT2D eigenvalue weighted by Gasteiger charge is -2.19. The van der Waals surface area contributed by atoms with Crippen LogP contribution < -0.4 is 5.73 Å². The van der Waals surface area contributed by atoms with E-state index in [4.69, 9.17) is 24.8 Å². The maximum atomic E-state index is 12.5. The topological polar surface area (TPSA) is 172 Å². The molecular formula is C48H90NO10P. The van der Waals surface area contributed by atoms with Gasteiger partial charge in [-0.15, -0.1) is 0 Å². The van der Waals surface area contributed by atoms with E-state index in [-0.39, 0.29) is 13.0 Å². The smallest absolute Gasteiger partial charge is 0.472 e. The first-order valence-corrected chi connectivity index (χ1v) is 25.9.